The van der Waals surface area contributed by atoms with Gasteiger partial charge in [-0.1, -0.05) is 0 Å². The fourth-order valence-electron chi connectivity index (χ4n) is 2.74. The number of ether oxygens (including phenoxy) is 4. The molecule has 2 aliphatic rings. The summed E-state index contributed by atoms with van der Waals surface area (Å²) in [4.78, 5) is 4.66. The zero-order chi connectivity index (χ0) is 14.5. The molecule has 1 aromatic heterocycles. The zero-order valence-electron chi connectivity index (χ0n) is 12.5. The first kappa shape index (κ1) is 14.9. The minimum absolute atomic E-state index is 0.0404. The van der Waals surface area contributed by atoms with Crippen molar-refractivity contribution in [3.8, 4) is 0 Å². The van der Waals surface area contributed by atoms with Crippen LogP contribution in [0.3, 0.4) is 0 Å². The number of nitrogens with zero attached hydrogens (tertiary/aromatic N) is 3. The zero-order valence-corrected chi connectivity index (χ0v) is 12.5. The summed E-state index contributed by atoms with van der Waals surface area (Å²) in [7, 11) is 1.67. The van der Waals surface area contributed by atoms with Crippen LogP contribution in [-0.4, -0.2) is 61.0 Å². The lowest BCUT2D eigenvalue weighted by Gasteiger charge is -2.23. The first-order chi connectivity index (χ1) is 10.4. The van der Waals surface area contributed by atoms with Crippen LogP contribution in [0.5, 0.6) is 0 Å². The van der Waals surface area contributed by atoms with Crippen LogP contribution in [0, 0.1) is 0 Å². The third-order valence-corrected chi connectivity index (χ3v) is 3.89. The van der Waals surface area contributed by atoms with Crippen LogP contribution in [-0.2, 0) is 32.1 Å². The molecule has 0 saturated carbocycles. The smallest absolute Gasteiger partial charge is 0.154 e. The van der Waals surface area contributed by atoms with Crippen molar-refractivity contribution >= 4 is 0 Å². The van der Waals surface area contributed by atoms with Gasteiger partial charge in [0.1, 0.15) is 12.7 Å². The molecule has 2 fully saturated rings. The number of rotatable bonds is 5. The molecule has 0 N–H and O–H groups in total. The third kappa shape index (κ3) is 3.79. The van der Waals surface area contributed by atoms with Crippen molar-refractivity contribution in [2.24, 2.45) is 0 Å². The Balaban J connectivity index is 1.71. The fraction of sp³-hybridized carbons (Fsp3) is 0.857. The van der Waals surface area contributed by atoms with Gasteiger partial charge in [-0.3, -0.25) is 0 Å². The number of aromatic nitrogens is 3. The van der Waals surface area contributed by atoms with Gasteiger partial charge in [0, 0.05) is 26.2 Å². The maximum absolute atomic E-state index is 5.70. The van der Waals surface area contributed by atoms with E-state index < -0.39 is 0 Å². The summed E-state index contributed by atoms with van der Waals surface area (Å²) in [6.45, 7) is 4.63. The molecule has 7 nitrogen and oxygen atoms in total. The molecule has 1 atom stereocenters. The highest BCUT2D eigenvalue weighted by atomic mass is 16.6. The van der Waals surface area contributed by atoms with Crippen LogP contribution in [0.4, 0.5) is 0 Å². The highest BCUT2D eigenvalue weighted by molar-refractivity contribution is 5.00. The monoisotopic (exact) mass is 297 g/mol. The van der Waals surface area contributed by atoms with Crippen molar-refractivity contribution in [1.82, 2.24) is 14.8 Å². The Morgan fingerprint density at radius 2 is 2.05 bits per heavy atom. The Morgan fingerprint density at radius 1 is 1.19 bits per heavy atom. The average molecular weight is 297 g/mol. The minimum atomic E-state index is 0.0404. The van der Waals surface area contributed by atoms with E-state index in [4.69, 9.17) is 18.9 Å². The van der Waals surface area contributed by atoms with Crippen LogP contribution >= 0.6 is 0 Å². The lowest BCUT2D eigenvalue weighted by Crippen LogP contribution is -2.33. The molecule has 2 aliphatic heterocycles. The Bertz CT molecular complexity index is 439. The Hall–Kier alpha value is -1.02. The van der Waals surface area contributed by atoms with Crippen molar-refractivity contribution in [2.75, 3.05) is 40.1 Å². The normalized spacial score (nSPS) is 24.3. The van der Waals surface area contributed by atoms with Gasteiger partial charge in [0.25, 0.3) is 0 Å². The van der Waals surface area contributed by atoms with Gasteiger partial charge in [-0.2, -0.15) is 5.10 Å². The summed E-state index contributed by atoms with van der Waals surface area (Å²) in [6.07, 6.45) is 2.01. The van der Waals surface area contributed by atoms with E-state index in [2.05, 4.69) is 10.1 Å². The Labute approximate surface area is 124 Å². The predicted octanol–water partition coefficient (Wildman–Crippen LogP) is 0.734. The standard InChI is InChI=1S/C14H23N3O4/c1-18-10-13-15-14(11-2-4-19-5-3-11)16-17(13)8-12-9-20-6-7-21-12/h11-12H,2-10H2,1H3/t12-/m0/s1. The summed E-state index contributed by atoms with van der Waals surface area (Å²) in [5, 5.41) is 4.68. The van der Waals surface area contributed by atoms with Gasteiger partial charge in [-0.15, -0.1) is 0 Å². The molecule has 21 heavy (non-hydrogen) atoms. The van der Waals surface area contributed by atoms with Gasteiger partial charge < -0.3 is 18.9 Å². The van der Waals surface area contributed by atoms with Gasteiger partial charge in [0.2, 0.25) is 0 Å². The second kappa shape index (κ2) is 7.31. The van der Waals surface area contributed by atoms with Crippen LogP contribution in [0.25, 0.3) is 0 Å². The van der Waals surface area contributed by atoms with Crippen LogP contribution in [0.2, 0.25) is 0 Å². The lowest BCUT2D eigenvalue weighted by atomic mass is 10.00. The van der Waals surface area contributed by atoms with Gasteiger partial charge >= 0.3 is 0 Å². The summed E-state index contributed by atoms with van der Waals surface area (Å²) in [6, 6.07) is 0. The molecule has 0 spiro atoms. The van der Waals surface area contributed by atoms with E-state index in [1.54, 1.807) is 7.11 Å². The largest absolute Gasteiger partial charge is 0.381 e. The third-order valence-electron chi connectivity index (χ3n) is 3.89. The summed E-state index contributed by atoms with van der Waals surface area (Å²) in [5.41, 5.74) is 0. The number of hydrogen-bond acceptors (Lipinski definition) is 6. The molecular formula is C14H23N3O4. The fourth-order valence-corrected chi connectivity index (χ4v) is 2.74. The second-order valence-electron chi connectivity index (χ2n) is 5.46. The second-order valence-corrected chi connectivity index (χ2v) is 5.46. The predicted molar refractivity (Wildman–Crippen MR) is 74.1 cm³/mol. The van der Waals surface area contributed by atoms with Crippen LogP contribution in [0.1, 0.15) is 30.4 Å². The summed E-state index contributed by atoms with van der Waals surface area (Å²) >= 11 is 0. The number of hydrogen-bond donors (Lipinski definition) is 0. The molecule has 0 amide bonds. The van der Waals surface area contributed by atoms with Gasteiger partial charge in [-0.05, 0) is 12.8 Å². The van der Waals surface area contributed by atoms with Gasteiger partial charge in [0.05, 0.1) is 26.4 Å². The molecule has 7 heteroatoms. The van der Waals surface area contributed by atoms with E-state index >= 15 is 0 Å². The maximum atomic E-state index is 5.70. The highest BCUT2D eigenvalue weighted by Gasteiger charge is 2.24. The molecular weight excluding hydrogens is 274 g/mol. The quantitative estimate of drug-likeness (QED) is 0.798. The molecule has 0 aromatic carbocycles. The van der Waals surface area contributed by atoms with E-state index in [-0.39, 0.29) is 6.10 Å². The van der Waals surface area contributed by atoms with Gasteiger partial charge in [-0.25, -0.2) is 9.67 Å². The molecule has 0 bridgehead atoms. The van der Waals surface area contributed by atoms with Crippen LogP contribution in [0.15, 0.2) is 0 Å². The first-order valence-corrected chi connectivity index (χ1v) is 7.56. The van der Waals surface area contributed by atoms with Gasteiger partial charge in [0.15, 0.2) is 11.6 Å². The number of methoxy groups -OCH3 is 1. The first-order valence-electron chi connectivity index (χ1n) is 7.56. The molecule has 0 radical (unpaired) electrons. The Kier molecular flexibility index (Phi) is 5.18. The summed E-state index contributed by atoms with van der Waals surface area (Å²) in [5.74, 6) is 2.15. The SMILES string of the molecule is COCc1nc(C2CCOCC2)nn1C[C@H]1COCCO1. The molecule has 2 saturated heterocycles. The maximum Gasteiger partial charge on any atom is 0.154 e. The van der Waals surface area contributed by atoms with E-state index in [0.29, 0.717) is 38.9 Å². The van der Waals surface area contributed by atoms with Crippen LogP contribution < -0.4 is 0 Å². The molecule has 0 unspecified atom stereocenters. The molecule has 1 aromatic rings. The van der Waals surface area contributed by atoms with E-state index in [1.807, 2.05) is 4.68 Å². The van der Waals surface area contributed by atoms with Crippen molar-refractivity contribution in [1.29, 1.82) is 0 Å². The van der Waals surface area contributed by atoms with Crippen molar-refractivity contribution in [2.45, 2.75) is 38.0 Å². The van der Waals surface area contributed by atoms with E-state index in [9.17, 15) is 0 Å². The topological polar surface area (TPSA) is 67.6 Å². The average Bonchev–Trinajstić information content (AvgIpc) is 2.93. The van der Waals surface area contributed by atoms with Crippen molar-refractivity contribution in [3.63, 3.8) is 0 Å². The summed E-state index contributed by atoms with van der Waals surface area (Å²) < 4.78 is 23.7. The molecule has 118 valence electrons. The molecule has 0 aliphatic carbocycles. The highest BCUT2D eigenvalue weighted by Crippen LogP contribution is 2.24. The van der Waals surface area contributed by atoms with Crippen molar-refractivity contribution in [3.05, 3.63) is 11.6 Å². The molecule has 3 rings (SSSR count). The van der Waals surface area contributed by atoms with E-state index in [0.717, 1.165) is 37.7 Å². The van der Waals surface area contributed by atoms with Crippen molar-refractivity contribution < 1.29 is 18.9 Å². The lowest BCUT2D eigenvalue weighted by molar-refractivity contribution is -0.0951. The van der Waals surface area contributed by atoms with E-state index in [1.165, 1.54) is 0 Å². The minimum Gasteiger partial charge on any atom is -0.381 e. The Morgan fingerprint density at radius 3 is 2.76 bits per heavy atom. The molecule has 3 heterocycles.